The lowest BCUT2D eigenvalue weighted by atomic mass is 10.1. The van der Waals surface area contributed by atoms with Crippen molar-refractivity contribution in [1.82, 2.24) is 24.0 Å². The molecule has 2 aromatic heterocycles. The molecule has 0 bridgehead atoms. The lowest BCUT2D eigenvalue weighted by Gasteiger charge is -2.34. The normalized spacial score (nSPS) is 15.5. The van der Waals surface area contributed by atoms with E-state index >= 15 is 0 Å². The molecule has 13 nitrogen and oxygen atoms in total. The van der Waals surface area contributed by atoms with E-state index in [9.17, 15) is 24.5 Å². The van der Waals surface area contributed by atoms with E-state index in [1.54, 1.807) is 29.8 Å². The fourth-order valence-electron chi connectivity index (χ4n) is 5.13. The van der Waals surface area contributed by atoms with E-state index in [1.165, 1.54) is 10.6 Å². The predicted molar refractivity (Wildman–Crippen MR) is 160 cm³/mol. The number of hydrogen-bond acceptors (Lipinski definition) is 8. The second-order valence-electron chi connectivity index (χ2n) is 11.8. The van der Waals surface area contributed by atoms with E-state index in [0.29, 0.717) is 31.1 Å². The molecule has 1 N–H and O–H groups in total. The Morgan fingerprint density at radius 2 is 1.93 bits per heavy atom. The third kappa shape index (κ3) is 6.72. The number of hydrogen-bond donors (Lipinski definition) is 1. The van der Waals surface area contributed by atoms with Gasteiger partial charge in [0.15, 0.2) is 11.2 Å². The van der Waals surface area contributed by atoms with Crippen LogP contribution in [0.1, 0.15) is 53.0 Å². The van der Waals surface area contributed by atoms with Gasteiger partial charge in [-0.05, 0) is 53.9 Å². The summed E-state index contributed by atoms with van der Waals surface area (Å²) in [5.74, 6) is 0.529. The van der Waals surface area contributed by atoms with Crippen molar-refractivity contribution >= 4 is 28.9 Å². The van der Waals surface area contributed by atoms with Gasteiger partial charge in [0.2, 0.25) is 5.95 Å². The first kappa shape index (κ1) is 30.5. The maximum Gasteiger partial charge on any atom is 0.407 e. The summed E-state index contributed by atoms with van der Waals surface area (Å²) in [5.41, 5.74) is 0.285. The molecule has 1 aliphatic heterocycles. The van der Waals surface area contributed by atoms with Crippen molar-refractivity contribution in [3.63, 3.8) is 0 Å². The van der Waals surface area contributed by atoms with Crippen LogP contribution in [0, 0.1) is 10.1 Å². The van der Waals surface area contributed by atoms with Gasteiger partial charge in [0.25, 0.3) is 11.2 Å². The summed E-state index contributed by atoms with van der Waals surface area (Å²) in [7, 11) is 1.57. The van der Waals surface area contributed by atoms with Gasteiger partial charge >= 0.3 is 11.8 Å². The van der Waals surface area contributed by atoms with Crippen LogP contribution in [0.2, 0.25) is 0 Å². The van der Waals surface area contributed by atoms with Gasteiger partial charge < -0.3 is 19.5 Å². The molecular formula is C29H39N7O6. The number of benzene rings is 1. The van der Waals surface area contributed by atoms with Crippen LogP contribution >= 0.6 is 0 Å². The number of nitro groups is 1. The lowest BCUT2D eigenvalue weighted by Crippen LogP contribution is -2.49. The standard InChI is InChI=1S/C29H39N7O6/c1-19(2)13-16-34-23-24(31-26(34)33-15-9-11-21(18-33)30-27(38)42-29(3,4)5)32(6)28(39)35(25(23)37)17-14-20-10-7-8-12-22(20)36(40)41/h7-8,10,12-13,21H,9,11,14-18H2,1-6H3,(H,30,38). The van der Waals surface area contributed by atoms with Crippen LogP contribution in [0.5, 0.6) is 0 Å². The molecular weight excluding hydrogens is 542 g/mol. The Labute approximate surface area is 243 Å². The van der Waals surface area contributed by atoms with E-state index in [2.05, 4.69) is 5.32 Å². The number of rotatable bonds is 8. The number of alkyl carbamates (subject to hydrolysis) is 1. The first-order valence-corrected chi connectivity index (χ1v) is 14.1. The number of ether oxygens (including phenoxy) is 1. The molecule has 0 saturated carbocycles. The second-order valence-corrected chi connectivity index (χ2v) is 11.8. The molecule has 0 spiro atoms. The highest BCUT2D eigenvalue weighted by Crippen LogP contribution is 2.24. The summed E-state index contributed by atoms with van der Waals surface area (Å²) >= 11 is 0. The topological polar surface area (TPSA) is 147 Å². The van der Waals surface area contributed by atoms with E-state index in [-0.39, 0.29) is 35.9 Å². The monoisotopic (exact) mass is 581 g/mol. The van der Waals surface area contributed by atoms with Crippen molar-refractivity contribution in [3.05, 3.63) is 72.4 Å². The summed E-state index contributed by atoms with van der Waals surface area (Å²) in [6, 6.07) is 6.12. The van der Waals surface area contributed by atoms with Crippen LogP contribution in [0.3, 0.4) is 0 Å². The number of piperidine rings is 1. The summed E-state index contributed by atoms with van der Waals surface area (Å²) in [6.45, 7) is 10.8. The molecule has 4 rings (SSSR count). The zero-order valence-electron chi connectivity index (χ0n) is 25.0. The van der Waals surface area contributed by atoms with Crippen molar-refractivity contribution < 1.29 is 14.5 Å². The van der Waals surface area contributed by atoms with E-state index < -0.39 is 27.9 Å². The fraction of sp³-hybridized carbons (Fsp3) is 0.517. The SMILES string of the molecule is CC(C)=CCn1c(N2CCCC(NC(=O)OC(C)(C)C)C2)nc2c1c(=O)n(CCc1ccccc1[N+](=O)[O-])c(=O)n2C. The van der Waals surface area contributed by atoms with Crippen molar-refractivity contribution in [2.75, 3.05) is 18.0 Å². The molecule has 0 radical (unpaired) electrons. The molecule has 13 heteroatoms. The number of para-hydroxylation sites is 1. The van der Waals surface area contributed by atoms with Crippen molar-refractivity contribution in [1.29, 1.82) is 0 Å². The fourth-order valence-corrected chi connectivity index (χ4v) is 5.13. The molecule has 1 saturated heterocycles. The Hall–Kier alpha value is -4.42. The Morgan fingerprint density at radius 1 is 1.21 bits per heavy atom. The molecule has 3 heterocycles. The minimum Gasteiger partial charge on any atom is -0.444 e. The summed E-state index contributed by atoms with van der Waals surface area (Å²) in [4.78, 5) is 57.5. The Bertz CT molecular complexity index is 1640. The first-order chi connectivity index (χ1) is 19.8. The van der Waals surface area contributed by atoms with Gasteiger partial charge in [-0.1, -0.05) is 29.8 Å². The number of nitrogens with one attached hydrogen (secondary N) is 1. The molecule has 1 fully saturated rings. The number of imidazole rings is 1. The van der Waals surface area contributed by atoms with E-state index in [1.807, 2.05) is 45.6 Å². The minimum absolute atomic E-state index is 0.0267. The molecule has 1 unspecified atom stereocenters. The molecule has 1 aliphatic rings. The highest BCUT2D eigenvalue weighted by Gasteiger charge is 2.29. The summed E-state index contributed by atoms with van der Waals surface area (Å²) in [6.07, 6.45) is 3.17. The molecule has 1 aromatic carbocycles. The minimum atomic E-state index is -0.618. The van der Waals surface area contributed by atoms with Crippen LogP contribution in [0.25, 0.3) is 11.2 Å². The number of aromatic nitrogens is 4. The molecule has 3 aromatic rings. The van der Waals surface area contributed by atoms with E-state index in [4.69, 9.17) is 9.72 Å². The number of carbonyl (C=O) groups excluding carboxylic acids is 1. The van der Waals surface area contributed by atoms with Gasteiger partial charge in [-0.15, -0.1) is 0 Å². The zero-order valence-corrected chi connectivity index (χ0v) is 25.0. The van der Waals surface area contributed by atoms with Crippen LogP contribution in [-0.4, -0.2) is 54.4 Å². The van der Waals surface area contributed by atoms with E-state index in [0.717, 1.165) is 23.0 Å². The smallest absolute Gasteiger partial charge is 0.407 e. The summed E-state index contributed by atoms with van der Waals surface area (Å²) in [5, 5.41) is 14.4. The quantitative estimate of drug-likeness (QED) is 0.242. The van der Waals surface area contributed by atoms with Gasteiger partial charge in [-0.25, -0.2) is 9.59 Å². The van der Waals surface area contributed by atoms with Crippen LogP contribution in [-0.2, 0) is 31.3 Å². The van der Waals surface area contributed by atoms with Gasteiger partial charge in [-0.2, -0.15) is 4.98 Å². The number of fused-ring (bicyclic) bond motifs is 1. The third-order valence-electron chi connectivity index (χ3n) is 7.11. The average Bonchev–Trinajstić information content (AvgIpc) is 3.29. The Kier molecular flexibility index (Phi) is 8.88. The third-order valence-corrected chi connectivity index (χ3v) is 7.11. The number of anilines is 1. The maximum atomic E-state index is 13.9. The van der Waals surface area contributed by atoms with Gasteiger partial charge in [0.05, 0.1) is 4.92 Å². The highest BCUT2D eigenvalue weighted by molar-refractivity contribution is 5.75. The number of amides is 1. The highest BCUT2D eigenvalue weighted by atomic mass is 16.6. The average molecular weight is 582 g/mol. The van der Waals surface area contributed by atoms with Crippen molar-refractivity contribution in [2.45, 2.75) is 78.6 Å². The maximum absolute atomic E-state index is 13.9. The van der Waals surface area contributed by atoms with Crippen molar-refractivity contribution in [2.24, 2.45) is 7.05 Å². The lowest BCUT2D eigenvalue weighted by molar-refractivity contribution is -0.385. The molecule has 0 aliphatic carbocycles. The first-order valence-electron chi connectivity index (χ1n) is 14.1. The van der Waals surface area contributed by atoms with Gasteiger partial charge in [0.1, 0.15) is 5.60 Å². The number of aryl methyl sites for hydroxylation is 2. The van der Waals surface area contributed by atoms with Gasteiger partial charge in [-0.3, -0.25) is 24.0 Å². The predicted octanol–water partition coefficient (Wildman–Crippen LogP) is 3.51. The largest absolute Gasteiger partial charge is 0.444 e. The van der Waals surface area contributed by atoms with Gasteiger partial charge in [0, 0.05) is 50.9 Å². The molecule has 1 amide bonds. The Morgan fingerprint density at radius 3 is 2.60 bits per heavy atom. The molecule has 42 heavy (non-hydrogen) atoms. The number of carbonyl (C=O) groups is 1. The van der Waals surface area contributed by atoms with Crippen LogP contribution in [0.15, 0.2) is 45.5 Å². The number of nitro benzene ring substituents is 1. The molecule has 226 valence electrons. The summed E-state index contributed by atoms with van der Waals surface area (Å²) < 4.78 is 9.71. The number of nitrogens with zero attached hydrogens (tertiary/aromatic N) is 6. The zero-order chi connectivity index (χ0) is 30.8. The Balaban J connectivity index is 1.74. The second kappa shape index (κ2) is 12.2. The van der Waals surface area contributed by atoms with Crippen molar-refractivity contribution in [3.8, 4) is 0 Å². The van der Waals surface area contributed by atoms with Crippen LogP contribution < -0.4 is 21.5 Å². The number of allylic oxidation sites excluding steroid dienone is 2. The molecule has 1 atom stereocenters. The van der Waals surface area contributed by atoms with Crippen LogP contribution in [0.4, 0.5) is 16.4 Å².